The first-order chi connectivity index (χ1) is 10.5. The predicted octanol–water partition coefficient (Wildman–Crippen LogP) is 3.17. The minimum Gasteiger partial charge on any atom is -0.389 e. The monoisotopic (exact) mass is 340 g/mol. The van der Waals surface area contributed by atoms with Crippen LogP contribution in [0.2, 0.25) is 5.02 Å². The lowest BCUT2D eigenvalue weighted by Crippen LogP contribution is -2.39. The molecule has 0 aliphatic heterocycles. The average molecular weight is 341 g/mol. The molecule has 0 aliphatic carbocycles. The van der Waals surface area contributed by atoms with Gasteiger partial charge in [0.15, 0.2) is 0 Å². The van der Waals surface area contributed by atoms with E-state index in [1.807, 2.05) is 13.8 Å². The molecule has 6 heteroatoms. The Hall–Kier alpha value is -1.59. The molecular formula is C17H25ClN2O3. The van der Waals surface area contributed by atoms with Crippen molar-refractivity contribution in [2.45, 2.75) is 39.7 Å². The number of anilines is 1. The molecule has 0 aromatic heterocycles. The first-order valence-corrected chi connectivity index (χ1v) is 7.94. The van der Waals surface area contributed by atoms with Crippen LogP contribution in [0.4, 0.5) is 5.69 Å². The molecule has 0 spiro atoms. The third-order valence-corrected chi connectivity index (χ3v) is 3.37. The van der Waals surface area contributed by atoms with E-state index >= 15 is 0 Å². The molecule has 0 heterocycles. The lowest BCUT2D eigenvalue weighted by Gasteiger charge is -2.26. The molecule has 23 heavy (non-hydrogen) atoms. The molecule has 1 aromatic rings. The molecule has 128 valence electrons. The Morgan fingerprint density at radius 2 is 1.96 bits per heavy atom. The standard InChI is InChI=1S/C17H25ClN2O3/c1-11(2)8-15(21)19-12-6-7-14(18)13(9-12)16(22)20(5)10-17(3,4)23/h6-7,9,11,23H,8,10H2,1-5H3,(H,19,21). The molecule has 5 nitrogen and oxygen atoms in total. The van der Waals surface area contributed by atoms with Crippen LogP contribution >= 0.6 is 11.6 Å². The number of nitrogens with one attached hydrogen (secondary N) is 1. The maximum atomic E-state index is 12.5. The summed E-state index contributed by atoms with van der Waals surface area (Å²) in [6.07, 6.45) is 0.407. The number of rotatable bonds is 6. The fourth-order valence-corrected chi connectivity index (χ4v) is 2.41. The second-order valence-corrected chi connectivity index (χ2v) is 7.22. The van der Waals surface area contributed by atoms with E-state index in [0.717, 1.165) is 0 Å². The zero-order valence-corrected chi connectivity index (χ0v) is 15.1. The number of amides is 2. The van der Waals surface area contributed by atoms with E-state index in [-0.39, 0.29) is 24.3 Å². The van der Waals surface area contributed by atoms with E-state index < -0.39 is 5.60 Å². The third kappa shape index (κ3) is 6.59. The van der Waals surface area contributed by atoms with Crippen molar-refractivity contribution in [2.24, 2.45) is 5.92 Å². The first-order valence-electron chi connectivity index (χ1n) is 7.57. The largest absolute Gasteiger partial charge is 0.389 e. The Kier molecular flexibility index (Phi) is 6.59. The molecule has 2 amide bonds. The van der Waals surface area contributed by atoms with Gasteiger partial charge in [-0.1, -0.05) is 25.4 Å². The van der Waals surface area contributed by atoms with E-state index in [0.29, 0.717) is 22.7 Å². The number of likely N-dealkylation sites (N-methyl/N-ethyl adjacent to an activating group) is 1. The molecule has 0 saturated carbocycles. The van der Waals surface area contributed by atoms with Gasteiger partial charge in [0.25, 0.3) is 5.91 Å². The van der Waals surface area contributed by atoms with Crippen molar-refractivity contribution in [1.29, 1.82) is 0 Å². The van der Waals surface area contributed by atoms with Crippen molar-refractivity contribution in [2.75, 3.05) is 18.9 Å². The Bertz CT molecular complexity index is 580. The highest BCUT2D eigenvalue weighted by Gasteiger charge is 2.22. The summed E-state index contributed by atoms with van der Waals surface area (Å²) >= 11 is 6.10. The van der Waals surface area contributed by atoms with Crippen molar-refractivity contribution in [3.63, 3.8) is 0 Å². The molecule has 0 bridgehead atoms. The Labute approximate surface area is 142 Å². The second kappa shape index (κ2) is 7.79. The Morgan fingerprint density at radius 1 is 1.35 bits per heavy atom. The van der Waals surface area contributed by atoms with E-state index in [1.165, 1.54) is 4.90 Å². The smallest absolute Gasteiger partial charge is 0.255 e. The molecule has 2 N–H and O–H groups in total. The SMILES string of the molecule is CC(C)CC(=O)Nc1ccc(Cl)c(C(=O)N(C)CC(C)(C)O)c1. The van der Waals surface area contributed by atoms with Gasteiger partial charge in [-0.3, -0.25) is 9.59 Å². The number of halogens is 1. The topological polar surface area (TPSA) is 69.6 Å². The van der Waals surface area contributed by atoms with Gasteiger partial charge in [-0.15, -0.1) is 0 Å². The van der Waals surface area contributed by atoms with Crippen molar-refractivity contribution < 1.29 is 14.7 Å². The quantitative estimate of drug-likeness (QED) is 0.835. The van der Waals surface area contributed by atoms with Gasteiger partial charge in [-0.05, 0) is 38.0 Å². The van der Waals surface area contributed by atoms with E-state index in [2.05, 4.69) is 5.32 Å². The molecule has 1 rings (SSSR count). The van der Waals surface area contributed by atoms with Crippen LogP contribution in [-0.4, -0.2) is 41.0 Å². The fraction of sp³-hybridized carbons (Fsp3) is 0.529. The van der Waals surface area contributed by atoms with Crippen molar-refractivity contribution >= 4 is 29.1 Å². The van der Waals surface area contributed by atoms with Gasteiger partial charge in [-0.2, -0.15) is 0 Å². The summed E-state index contributed by atoms with van der Waals surface area (Å²) in [5.41, 5.74) is -0.180. The van der Waals surface area contributed by atoms with Gasteiger partial charge in [0, 0.05) is 25.7 Å². The summed E-state index contributed by atoms with van der Waals surface area (Å²) in [4.78, 5) is 25.7. The highest BCUT2D eigenvalue weighted by atomic mass is 35.5. The number of carbonyl (C=O) groups excluding carboxylic acids is 2. The fourth-order valence-electron chi connectivity index (χ4n) is 2.21. The molecule has 0 saturated heterocycles. The second-order valence-electron chi connectivity index (χ2n) is 6.81. The predicted molar refractivity (Wildman–Crippen MR) is 92.8 cm³/mol. The number of hydrogen-bond acceptors (Lipinski definition) is 3. The number of nitrogens with zero attached hydrogens (tertiary/aromatic N) is 1. The summed E-state index contributed by atoms with van der Waals surface area (Å²) in [7, 11) is 1.60. The number of hydrogen-bond donors (Lipinski definition) is 2. The Morgan fingerprint density at radius 3 is 2.48 bits per heavy atom. The minimum absolute atomic E-state index is 0.106. The van der Waals surface area contributed by atoms with Crippen LogP contribution in [0, 0.1) is 5.92 Å². The summed E-state index contributed by atoms with van der Waals surface area (Å²) in [6, 6.07) is 4.80. The van der Waals surface area contributed by atoms with Crippen molar-refractivity contribution in [1.82, 2.24) is 4.90 Å². The number of benzene rings is 1. The van der Waals surface area contributed by atoms with Gasteiger partial charge in [-0.25, -0.2) is 0 Å². The summed E-state index contributed by atoms with van der Waals surface area (Å²) < 4.78 is 0. The van der Waals surface area contributed by atoms with Crippen molar-refractivity contribution in [3.8, 4) is 0 Å². The van der Waals surface area contributed by atoms with E-state index in [1.54, 1.807) is 39.1 Å². The van der Waals surface area contributed by atoms with E-state index in [9.17, 15) is 14.7 Å². The van der Waals surface area contributed by atoms with Crippen LogP contribution in [0.25, 0.3) is 0 Å². The summed E-state index contributed by atoms with van der Waals surface area (Å²) in [5.74, 6) is -0.163. The number of carbonyl (C=O) groups is 2. The third-order valence-electron chi connectivity index (χ3n) is 3.04. The number of aliphatic hydroxyl groups is 1. The van der Waals surface area contributed by atoms with Crippen LogP contribution in [0.5, 0.6) is 0 Å². The molecule has 0 aliphatic rings. The zero-order valence-electron chi connectivity index (χ0n) is 14.3. The van der Waals surface area contributed by atoms with Crippen LogP contribution in [0.15, 0.2) is 18.2 Å². The van der Waals surface area contributed by atoms with Gasteiger partial charge in [0.1, 0.15) is 0 Å². The Balaban J connectivity index is 2.92. The lowest BCUT2D eigenvalue weighted by atomic mass is 10.1. The molecule has 0 atom stereocenters. The van der Waals surface area contributed by atoms with Gasteiger partial charge in [0.05, 0.1) is 16.2 Å². The normalized spacial score (nSPS) is 11.5. The maximum absolute atomic E-state index is 12.5. The zero-order chi connectivity index (χ0) is 17.8. The lowest BCUT2D eigenvalue weighted by molar-refractivity contribution is -0.116. The molecule has 0 fully saturated rings. The van der Waals surface area contributed by atoms with Gasteiger partial charge < -0.3 is 15.3 Å². The highest BCUT2D eigenvalue weighted by Crippen LogP contribution is 2.23. The molecule has 0 radical (unpaired) electrons. The average Bonchev–Trinajstić information content (AvgIpc) is 2.37. The summed E-state index contributed by atoms with van der Waals surface area (Å²) in [6.45, 7) is 7.35. The highest BCUT2D eigenvalue weighted by molar-refractivity contribution is 6.34. The molecular weight excluding hydrogens is 316 g/mol. The molecule has 1 aromatic carbocycles. The first kappa shape index (κ1) is 19.5. The van der Waals surface area contributed by atoms with Crippen LogP contribution < -0.4 is 5.32 Å². The van der Waals surface area contributed by atoms with Gasteiger partial charge in [0.2, 0.25) is 5.91 Å². The van der Waals surface area contributed by atoms with Crippen LogP contribution in [-0.2, 0) is 4.79 Å². The summed E-state index contributed by atoms with van der Waals surface area (Å²) in [5, 5.41) is 12.9. The maximum Gasteiger partial charge on any atom is 0.255 e. The van der Waals surface area contributed by atoms with E-state index in [4.69, 9.17) is 11.6 Å². The van der Waals surface area contributed by atoms with Crippen LogP contribution in [0.3, 0.4) is 0 Å². The minimum atomic E-state index is -1.00. The van der Waals surface area contributed by atoms with Gasteiger partial charge >= 0.3 is 0 Å². The van der Waals surface area contributed by atoms with Crippen molar-refractivity contribution in [3.05, 3.63) is 28.8 Å². The van der Waals surface area contributed by atoms with Crippen LogP contribution in [0.1, 0.15) is 44.5 Å². The molecule has 0 unspecified atom stereocenters.